The number of halogens is 2. The van der Waals surface area contributed by atoms with E-state index in [-0.39, 0.29) is 18.2 Å². The van der Waals surface area contributed by atoms with Gasteiger partial charge in [-0.2, -0.15) is 0 Å². The van der Waals surface area contributed by atoms with Crippen LogP contribution in [-0.2, 0) is 9.53 Å². The van der Waals surface area contributed by atoms with Crippen LogP contribution < -0.4 is 4.90 Å². The fourth-order valence-corrected chi connectivity index (χ4v) is 3.13. The molecule has 1 aliphatic rings. The lowest BCUT2D eigenvalue weighted by Crippen LogP contribution is -2.50. The Kier molecular flexibility index (Phi) is 5.96. The van der Waals surface area contributed by atoms with Crippen molar-refractivity contribution in [1.29, 1.82) is 0 Å². The zero-order valence-electron chi connectivity index (χ0n) is 13.9. The van der Waals surface area contributed by atoms with Crippen molar-refractivity contribution in [3.8, 4) is 0 Å². The molecule has 2 heterocycles. The van der Waals surface area contributed by atoms with Crippen molar-refractivity contribution in [2.24, 2.45) is 0 Å². The predicted octanol–water partition coefficient (Wildman–Crippen LogP) is 2.89. The molecule has 0 aliphatic carbocycles. The monoisotopic (exact) mass is 393 g/mol. The van der Waals surface area contributed by atoms with E-state index in [9.17, 15) is 9.59 Å². The van der Waals surface area contributed by atoms with Gasteiger partial charge in [-0.05, 0) is 24.3 Å². The number of para-hydroxylation sites is 1. The summed E-state index contributed by atoms with van der Waals surface area (Å²) < 4.78 is 5.04. The van der Waals surface area contributed by atoms with Crippen molar-refractivity contribution in [2.45, 2.75) is 0 Å². The maximum absolute atomic E-state index is 12.3. The highest BCUT2D eigenvalue weighted by Gasteiger charge is 2.23. The third kappa shape index (κ3) is 4.45. The number of amides is 1. The van der Waals surface area contributed by atoms with Gasteiger partial charge in [0.1, 0.15) is 5.69 Å². The van der Waals surface area contributed by atoms with Crippen molar-refractivity contribution >= 4 is 40.8 Å². The molecule has 1 amide bonds. The molecule has 2 aromatic rings. The van der Waals surface area contributed by atoms with E-state index in [2.05, 4.69) is 9.88 Å². The quantitative estimate of drug-likeness (QED) is 0.747. The van der Waals surface area contributed by atoms with Crippen LogP contribution in [0.25, 0.3) is 0 Å². The van der Waals surface area contributed by atoms with Crippen LogP contribution in [0.5, 0.6) is 0 Å². The van der Waals surface area contributed by atoms with E-state index in [4.69, 9.17) is 27.9 Å². The van der Waals surface area contributed by atoms with Crippen LogP contribution >= 0.6 is 23.2 Å². The lowest BCUT2D eigenvalue weighted by Gasteiger charge is -2.36. The minimum absolute atomic E-state index is 0.0776. The molecule has 26 heavy (non-hydrogen) atoms. The first-order chi connectivity index (χ1) is 12.5. The Balaban J connectivity index is 1.49. The summed E-state index contributed by atoms with van der Waals surface area (Å²) in [6.45, 7) is 2.09. The molecule has 1 aliphatic heterocycles. The number of anilines is 1. The smallest absolute Gasteiger partial charge is 0.357 e. The number of carbonyl (C=O) groups is 2. The third-order valence-corrected chi connectivity index (χ3v) is 4.64. The Bertz CT molecular complexity index is 808. The molecule has 0 atom stereocenters. The maximum atomic E-state index is 12.3. The molecule has 8 heteroatoms. The normalized spacial score (nSPS) is 14.2. The van der Waals surface area contributed by atoms with Crippen molar-refractivity contribution in [3.63, 3.8) is 0 Å². The number of nitrogens with zero attached hydrogens (tertiary/aromatic N) is 3. The summed E-state index contributed by atoms with van der Waals surface area (Å²) in [5.41, 5.74) is 1.04. The van der Waals surface area contributed by atoms with Gasteiger partial charge in [-0.25, -0.2) is 9.78 Å². The second-order valence-electron chi connectivity index (χ2n) is 5.75. The van der Waals surface area contributed by atoms with Gasteiger partial charge in [0.15, 0.2) is 6.61 Å². The Hall–Kier alpha value is -2.31. The first kappa shape index (κ1) is 18.5. The number of carbonyl (C=O) groups excluding carboxylic acids is 2. The number of aromatic nitrogens is 1. The summed E-state index contributed by atoms with van der Waals surface area (Å²) in [5.74, 6) is -0.908. The number of hydrogen-bond acceptors (Lipinski definition) is 5. The molecule has 6 nitrogen and oxygen atoms in total. The number of hydrogen-bond donors (Lipinski definition) is 0. The Morgan fingerprint density at radius 3 is 2.50 bits per heavy atom. The number of piperazine rings is 1. The first-order valence-electron chi connectivity index (χ1n) is 8.10. The van der Waals surface area contributed by atoms with Crippen molar-refractivity contribution in [3.05, 3.63) is 58.3 Å². The van der Waals surface area contributed by atoms with Crippen molar-refractivity contribution in [2.75, 3.05) is 37.7 Å². The maximum Gasteiger partial charge on any atom is 0.357 e. The topological polar surface area (TPSA) is 62.7 Å². The molecule has 1 fully saturated rings. The number of ether oxygens (including phenoxy) is 1. The highest BCUT2D eigenvalue weighted by Crippen LogP contribution is 2.26. The number of esters is 1. The van der Waals surface area contributed by atoms with Crippen molar-refractivity contribution < 1.29 is 14.3 Å². The largest absolute Gasteiger partial charge is 0.451 e. The fourth-order valence-electron chi connectivity index (χ4n) is 2.71. The van der Waals surface area contributed by atoms with E-state index in [1.807, 2.05) is 24.3 Å². The molecule has 1 aromatic heterocycles. The average Bonchev–Trinajstić information content (AvgIpc) is 2.66. The summed E-state index contributed by atoms with van der Waals surface area (Å²) in [4.78, 5) is 31.9. The van der Waals surface area contributed by atoms with Gasteiger partial charge < -0.3 is 14.5 Å². The van der Waals surface area contributed by atoms with Crippen LogP contribution in [0, 0.1) is 0 Å². The molecular formula is C18H17Cl2N3O3. The average molecular weight is 394 g/mol. The molecule has 0 bridgehead atoms. The van der Waals surface area contributed by atoms with E-state index >= 15 is 0 Å². The molecule has 3 rings (SSSR count). The van der Waals surface area contributed by atoms with Gasteiger partial charge in [-0.1, -0.05) is 35.3 Å². The Morgan fingerprint density at radius 2 is 1.81 bits per heavy atom. The van der Waals surface area contributed by atoms with E-state index in [0.717, 1.165) is 5.69 Å². The van der Waals surface area contributed by atoms with E-state index in [1.54, 1.807) is 11.0 Å². The molecule has 0 unspecified atom stereocenters. The van der Waals surface area contributed by atoms with Crippen molar-refractivity contribution in [1.82, 2.24) is 9.88 Å². The summed E-state index contributed by atoms with van der Waals surface area (Å²) in [6.07, 6.45) is 1.41. The summed E-state index contributed by atoms with van der Waals surface area (Å²) in [5, 5.41) is 1.07. The highest BCUT2D eigenvalue weighted by atomic mass is 35.5. The van der Waals surface area contributed by atoms with Crippen LogP contribution in [0.15, 0.2) is 42.6 Å². The van der Waals surface area contributed by atoms with Gasteiger partial charge in [0, 0.05) is 37.4 Å². The molecule has 0 spiro atoms. The molecule has 0 saturated carbocycles. The highest BCUT2D eigenvalue weighted by molar-refractivity contribution is 6.33. The third-order valence-electron chi connectivity index (χ3n) is 4.08. The van der Waals surface area contributed by atoms with E-state index in [0.29, 0.717) is 36.2 Å². The van der Waals surface area contributed by atoms with Gasteiger partial charge in [0.25, 0.3) is 5.91 Å². The van der Waals surface area contributed by atoms with E-state index in [1.165, 1.54) is 12.3 Å². The molecule has 1 saturated heterocycles. The Labute approximate surface area is 161 Å². The molecular weight excluding hydrogens is 377 g/mol. The molecule has 1 aromatic carbocycles. The van der Waals surface area contributed by atoms with Gasteiger partial charge in [-0.3, -0.25) is 4.79 Å². The van der Waals surface area contributed by atoms with Gasteiger partial charge in [0.2, 0.25) is 0 Å². The number of rotatable bonds is 4. The summed E-state index contributed by atoms with van der Waals surface area (Å²) in [6, 6.07) is 10.6. The van der Waals surface area contributed by atoms with Gasteiger partial charge in [0.05, 0.1) is 10.7 Å². The Morgan fingerprint density at radius 1 is 1.08 bits per heavy atom. The summed E-state index contributed by atoms with van der Waals surface area (Å²) >= 11 is 12.0. The number of pyridine rings is 1. The van der Waals surface area contributed by atoms with Gasteiger partial charge in [-0.15, -0.1) is 0 Å². The standard InChI is InChI=1S/C18H17Cl2N3O3/c19-13-5-6-21-15(11-13)18(25)26-12-17(24)23-9-7-22(8-10-23)16-4-2-1-3-14(16)20/h1-6,11H,7-10,12H2. The first-order valence-corrected chi connectivity index (χ1v) is 8.86. The van der Waals surface area contributed by atoms with E-state index < -0.39 is 5.97 Å². The minimum Gasteiger partial charge on any atom is -0.451 e. The summed E-state index contributed by atoms with van der Waals surface area (Å²) in [7, 11) is 0. The number of benzene rings is 1. The predicted molar refractivity (Wildman–Crippen MR) is 99.8 cm³/mol. The van der Waals surface area contributed by atoms with Crippen LogP contribution in [0.1, 0.15) is 10.5 Å². The van der Waals surface area contributed by atoms with Gasteiger partial charge >= 0.3 is 5.97 Å². The fraction of sp³-hybridized carbons (Fsp3) is 0.278. The zero-order valence-corrected chi connectivity index (χ0v) is 15.4. The molecule has 136 valence electrons. The second-order valence-corrected chi connectivity index (χ2v) is 6.60. The van der Waals surface area contributed by atoms with Crippen LogP contribution in [-0.4, -0.2) is 54.5 Å². The zero-order chi connectivity index (χ0) is 18.5. The molecule has 0 N–H and O–H groups in total. The lowest BCUT2D eigenvalue weighted by atomic mass is 10.2. The lowest BCUT2D eigenvalue weighted by molar-refractivity contribution is -0.134. The molecule has 0 radical (unpaired) electrons. The minimum atomic E-state index is -0.671. The van der Waals surface area contributed by atoms with Crippen LogP contribution in [0.4, 0.5) is 5.69 Å². The van der Waals surface area contributed by atoms with Crippen LogP contribution in [0.3, 0.4) is 0 Å². The van der Waals surface area contributed by atoms with Crippen LogP contribution in [0.2, 0.25) is 10.0 Å². The SMILES string of the molecule is O=C(OCC(=O)N1CCN(c2ccccc2Cl)CC1)c1cc(Cl)ccn1. The second kappa shape index (κ2) is 8.38.